The van der Waals surface area contributed by atoms with Gasteiger partial charge in [0, 0.05) is 50.2 Å². The Morgan fingerprint density at radius 2 is 1.75 bits per heavy atom. The number of carbonyl (C=O) groups excluding carboxylic acids is 4. The first-order chi connectivity index (χ1) is 22.7. The number of aliphatic carboxylic acids is 1. The summed E-state index contributed by atoms with van der Waals surface area (Å²) >= 11 is 1.23. The molecule has 3 rings (SSSR count). The third kappa shape index (κ3) is 11.1. The van der Waals surface area contributed by atoms with E-state index in [1.54, 1.807) is 17.3 Å². The van der Waals surface area contributed by atoms with Crippen molar-refractivity contribution in [1.29, 1.82) is 0 Å². The van der Waals surface area contributed by atoms with E-state index in [1.165, 1.54) is 18.3 Å². The molecule has 4 atom stereocenters. The molecule has 1 aromatic heterocycles. The van der Waals surface area contributed by atoms with Crippen LogP contribution in [0.5, 0.6) is 0 Å². The molecule has 1 aliphatic heterocycles. The lowest BCUT2D eigenvalue weighted by Gasteiger charge is -2.38. The van der Waals surface area contributed by atoms with Crippen LogP contribution >= 0.6 is 11.3 Å². The van der Waals surface area contributed by atoms with Crippen LogP contribution in [0.25, 0.3) is 0 Å². The molecule has 0 unspecified atom stereocenters. The van der Waals surface area contributed by atoms with Crippen molar-refractivity contribution in [1.82, 2.24) is 20.1 Å². The minimum atomic E-state index is -0.797. The molecule has 2 fully saturated rings. The Labute approximate surface area is 290 Å². The van der Waals surface area contributed by atoms with Crippen LogP contribution in [0.15, 0.2) is 5.38 Å². The highest BCUT2D eigenvalue weighted by atomic mass is 32.1. The smallest absolute Gasteiger partial charge is 0.306 e. The number of Topliss-reactive ketones (excluding diaryl/α,β-unsaturated/α-hetero) is 1. The van der Waals surface area contributed by atoms with Crippen LogP contribution in [0.4, 0.5) is 0 Å². The van der Waals surface area contributed by atoms with E-state index in [4.69, 9.17) is 4.74 Å². The van der Waals surface area contributed by atoms with E-state index in [0.29, 0.717) is 37.1 Å². The molecule has 0 spiro atoms. The zero-order valence-corrected chi connectivity index (χ0v) is 30.9. The second-order valence-electron chi connectivity index (χ2n) is 14.4. The molecule has 2 N–H and O–H groups in total. The number of nitrogens with zero attached hydrogens (tertiary/aromatic N) is 3. The maximum Gasteiger partial charge on any atom is 0.306 e. The summed E-state index contributed by atoms with van der Waals surface area (Å²) in [6.07, 6.45) is 7.05. The molecule has 0 radical (unpaired) electrons. The Morgan fingerprint density at radius 3 is 2.33 bits per heavy atom. The normalized spacial score (nSPS) is 22.1. The lowest BCUT2D eigenvalue weighted by atomic mass is 9.84. The first kappa shape index (κ1) is 39.6. The van der Waals surface area contributed by atoms with Gasteiger partial charge in [-0.2, -0.15) is 0 Å². The third-order valence-corrected chi connectivity index (χ3v) is 11.1. The summed E-state index contributed by atoms with van der Waals surface area (Å²) in [5.41, 5.74) is 0.215. The molecule has 0 bridgehead atoms. The quantitative estimate of drug-likeness (QED) is 0.191. The van der Waals surface area contributed by atoms with Crippen molar-refractivity contribution < 1.29 is 33.8 Å². The molecule has 1 saturated heterocycles. The summed E-state index contributed by atoms with van der Waals surface area (Å²) < 4.78 is 5.74. The minimum absolute atomic E-state index is 0.00654. The maximum absolute atomic E-state index is 14.1. The van der Waals surface area contributed by atoms with Gasteiger partial charge in [-0.25, -0.2) is 4.98 Å². The highest BCUT2D eigenvalue weighted by Gasteiger charge is 2.37. The van der Waals surface area contributed by atoms with Crippen molar-refractivity contribution in [3.05, 3.63) is 16.1 Å². The summed E-state index contributed by atoms with van der Waals surface area (Å²) in [4.78, 5) is 73.0. The lowest BCUT2D eigenvalue weighted by molar-refractivity contribution is -0.149. The standard InChI is InChI=1S/C36H58N4O7S/c1-8-9-17-40-18-11-10-12-29(40)31(42)19-27(22(2)3)35(44)39(7)30(23(4)5)20-32(47-24(6)41)34-38-28(21-48-34)33(43)37-26-15-13-25(14-16-26)36(45)46/h21-23,25-27,29-30,32H,8-20H2,1-7H3,(H,37,43)(H,45,46)/t25?,26?,27-,29+,30+,32+/m0/s1. The van der Waals surface area contributed by atoms with Gasteiger partial charge in [-0.05, 0) is 69.9 Å². The number of carbonyl (C=O) groups is 5. The Bertz CT molecular complexity index is 1240. The van der Waals surface area contributed by atoms with E-state index >= 15 is 0 Å². The molecule has 2 heterocycles. The number of esters is 1. The summed E-state index contributed by atoms with van der Waals surface area (Å²) in [7, 11) is 1.77. The van der Waals surface area contributed by atoms with E-state index in [0.717, 1.165) is 45.2 Å². The molecular weight excluding hydrogens is 632 g/mol. The van der Waals surface area contributed by atoms with Gasteiger partial charge in [0.05, 0.1) is 12.0 Å². The molecule has 2 aliphatic rings. The van der Waals surface area contributed by atoms with E-state index < -0.39 is 24.0 Å². The van der Waals surface area contributed by atoms with E-state index in [1.807, 2.05) is 27.7 Å². The molecule has 1 aliphatic carbocycles. The highest BCUT2D eigenvalue weighted by molar-refractivity contribution is 7.09. The SMILES string of the molecule is CCCCN1CCCC[C@@H]1C(=O)C[C@H](C(=O)N(C)[C@H](C[C@@H](OC(C)=O)c1nc(C(=O)NC2CCC(C(=O)O)CC2)cs1)C(C)C)C(C)C. The van der Waals surface area contributed by atoms with E-state index in [2.05, 4.69) is 22.1 Å². The van der Waals surface area contributed by atoms with Crippen LogP contribution in [0.3, 0.4) is 0 Å². The Balaban J connectivity index is 1.72. The number of carboxylic acid groups (broad SMARTS) is 1. The van der Waals surface area contributed by atoms with E-state index in [9.17, 15) is 29.1 Å². The minimum Gasteiger partial charge on any atom is -0.481 e. The second-order valence-corrected chi connectivity index (χ2v) is 15.3. The van der Waals surface area contributed by atoms with Gasteiger partial charge in [0.15, 0.2) is 11.9 Å². The third-order valence-electron chi connectivity index (χ3n) is 10.1. The molecule has 2 amide bonds. The summed E-state index contributed by atoms with van der Waals surface area (Å²) in [5.74, 6) is -2.44. The van der Waals surface area contributed by atoms with Crippen molar-refractivity contribution in [2.45, 2.75) is 136 Å². The number of ketones is 1. The van der Waals surface area contributed by atoms with Crippen molar-refractivity contribution in [3.8, 4) is 0 Å². The van der Waals surface area contributed by atoms with Gasteiger partial charge in [0.1, 0.15) is 10.7 Å². The number of hydrogen-bond acceptors (Lipinski definition) is 9. The molecule has 11 nitrogen and oxygen atoms in total. The molecule has 1 aromatic rings. The predicted octanol–water partition coefficient (Wildman–Crippen LogP) is 5.88. The fourth-order valence-corrected chi connectivity index (χ4v) is 7.99. The highest BCUT2D eigenvalue weighted by Crippen LogP contribution is 2.33. The van der Waals surface area contributed by atoms with Crippen LogP contribution < -0.4 is 5.32 Å². The number of piperidine rings is 1. The first-order valence-electron chi connectivity index (χ1n) is 17.9. The predicted molar refractivity (Wildman–Crippen MR) is 186 cm³/mol. The van der Waals surface area contributed by atoms with Crippen LogP contribution in [0.1, 0.15) is 134 Å². The van der Waals surface area contributed by atoms with Crippen LogP contribution in [0, 0.1) is 23.7 Å². The summed E-state index contributed by atoms with van der Waals surface area (Å²) in [6.45, 7) is 13.3. The summed E-state index contributed by atoms with van der Waals surface area (Å²) in [5, 5.41) is 14.3. The maximum atomic E-state index is 14.1. The van der Waals surface area contributed by atoms with Gasteiger partial charge < -0.3 is 20.1 Å². The number of amides is 2. The molecule has 270 valence electrons. The Hall–Kier alpha value is -2.86. The van der Waals surface area contributed by atoms with Crippen LogP contribution in [-0.4, -0.2) is 87.7 Å². The van der Waals surface area contributed by atoms with Crippen molar-refractivity contribution >= 4 is 40.9 Å². The fourth-order valence-electron chi connectivity index (χ4n) is 7.15. The largest absolute Gasteiger partial charge is 0.481 e. The van der Waals surface area contributed by atoms with Gasteiger partial charge >= 0.3 is 11.9 Å². The summed E-state index contributed by atoms with van der Waals surface area (Å²) in [6, 6.07) is -0.569. The van der Waals surface area contributed by atoms with Gasteiger partial charge in [-0.15, -0.1) is 11.3 Å². The van der Waals surface area contributed by atoms with Crippen molar-refractivity contribution in [2.75, 3.05) is 20.1 Å². The number of aromatic nitrogens is 1. The molecule has 48 heavy (non-hydrogen) atoms. The lowest BCUT2D eigenvalue weighted by Crippen LogP contribution is -2.48. The van der Waals surface area contributed by atoms with Crippen LogP contribution in [-0.2, 0) is 23.9 Å². The average molecular weight is 691 g/mol. The Morgan fingerprint density at radius 1 is 1.06 bits per heavy atom. The number of thiazole rings is 1. The number of nitrogens with one attached hydrogen (secondary N) is 1. The number of ether oxygens (including phenoxy) is 1. The molecule has 1 saturated carbocycles. The van der Waals surface area contributed by atoms with Gasteiger partial charge in [0.25, 0.3) is 5.91 Å². The monoisotopic (exact) mass is 690 g/mol. The average Bonchev–Trinajstić information content (AvgIpc) is 3.54. The molecule has 0 aromatic carbocycles. The number of unbranched alkanes of at least 4 members (excludes halogenated alkanes) is 1. The Kier molecular flexibility index (Phi) is 15.5. The molecule has 12 heteroatoms. The van der Waals surface area contributed by atoms with Crippen LogP contribution in [0.2, 0.25) is 0 Å². The zero-order valence-electron chi connectivity index (χ0n) is 30.0. The van der Waals surface area contributed by atoms with Gasteiger partial charge in [-0.1, -0.05) is 47.5 Å². The van der Waals surface area contributed by atoms with Gasteiger partial charge in [-0.3, -0.25) is 28.9 Å². The number of likely N-dealkylation sites (tertiary alicyclic amines) is 1. The molecular formula is C36H58N4O7S. The van der Waals surface area contributed by atoms with Crippen molar-refractivity contribution in [3.63, 3.8) is 0 Å². The first-order valence-corrected chi connectivity index (χ1v) is 18.8. The number of rotatable bonds is 17. The number of carboxylic acids is 1. The topological polar surface area (TPSA) is 146 Å². The van der Waals surface area contributed by atoms with Gasteiger partial charge in [0.2, 0.25) is 5.91 Å². The van der Waals surface area contributed by atoms with Crippen molar-refractivity contribution in [2.24, 2.45) is 23.7 Å². The number of hydrogen-bond donors (Lipinski definition) is 2. The fraction of sp³-hybridized carbons (Fsp3) is 0.778. The zero-order chi connectivity index (χ0) is 35.5. The second kappa shape index (κ2) is 18.8. The van der Waals surface area contributed by atoms with E-state index in [-0.39, 0.29) is 65.6 Å².